The van der Waals surface area contributed by atoms with E-state index in [4.69, 9.17) is 0 Å². The maximum Gasteiger partial charge on any atom is 0.240 e. The molecule has 1 aliphatic carbocycles. The number of rotatable bonds is 4. The van der Waals surface area contributed by atoms with Gasteiger partial charge in [0.2, 0.25) is 10.0 Å². The van der Waals surface area contributed by atoms with Crippen molar-refractivity contribution in [2.45, 2.75) is 23.8 Å². The van der Waals surface area contributed by atoms with Gasteiger partial charge in [-0.25, -0.2) is 13.1 Å². The van der Waals surface area contributed by atoms with Crippen LogP contribution in [-0.4, -0.2) is 40.6 Å². The summed E-state index contributed by atoms with van der Waals surface area (Å²) in [5.74, 6) is 1.48. The Morgan fingerprint density at radius 3 is 2.24 bits per heavy atom. The molecule has 0 amide bonds. The molecule has 0 bridgehead atoms. The molecule has 114 valence electrons. The van der Waals surface area contributed by atoms with E-state index in [2.05, 4.69) is 14.9 Å². The Kier molecular flexibility index (Phi) is 3.20. The lowest BCUT2D eigenvalue weighted by Crippen LogP contribution is -2.26. The van der Waals surface area contributed by atoms with E-state index in [0.717, 1.165) is 56.5 Å². The predicted molar refractivity (Wildman–Crippen MR) is 81.8 cm³/mol. The number of nitrogens with one attached hydrogen (secondary N) is 2. The minimum atomic E-state index is -3.33. The Balaban J connectivity index is 1.48. The lowest BCUT2D eigenvalue weighted by Gasteiger charge is -2.20. The summed E-state index contributed by atoms with van der Waals surface area (Å²) in [7, 11) is -3.33. The zero-order valence-corrected chi connectivity index (χ0v) is 12.8. The van der Waals surface area contributed by atoms with E-state index in [1.165, 1.54) is 0 Å². The number of hydrogen-bond acceptors (Lipinski definition) is 4. The number of sulfonamides is 1. The van der Waals surface area contributed by atoms with Crippen molar-refractivity contribution in [3.63, 3.8) is 0 Å². The van der Waals surface area contributed by atoms with Crippen molar-refractivity contribution in [1.29, 1.82) is 0 Å². The van der Waals surface area contributed by atoms with Crippen molar-refractivity contribution < 1.29 is 8.42 Å². The summed E-state index contributed by atoms with van der Waals surface area (Å²) in [4.78, 5) is 2.75. The van der Waals surface area contributed by atoms with Gasteiger partial charge in [-0.1, -0.05) is 0 Å². The van der Waals surface area contributed by atoms with Gasteiger partial charge in [0, 0.05) is 37.9 Å². The molecule has 1 saturated carbocycles. The third-order valence-electron chi connectivity index (χ3n) is 4.80. The van der Waals surface area contributed by atoms with Crippen molar-refractivity contribution in [1.82, 2.24) is 10.0 Å². The molecule has 3 fully saturated rings. The smallest absolute Gasteiger partial charge is 0.240 e. The minimum absolute atomic E-state index is 0.153. The SMILES string of the molecule is O=S(=O)(NC1CC1)c1ccc(N2CC3CNCC3C2)cc1. The second kappa shape index (κ2) is 4.97. The van der Waals surface area contributed by atoms with Crippen LogP contribution in [0.15, 0.2) is 29.2 Å². The average Bonchev–Trinajstić information content (AvgIpc) is 3.00. The van der Waals surface area contributed by atoms with E-state index in [0.29, 0.717) is 4.90 Å². The molecule has 2 N–H and O–H groups in total. The molecule has 0 radical (unpaired) electrons. The Labute approximate surface area is 125 Å². The largest absolute Gasteiger partial charge is 0.371 e. The first-order valence-corrected chi connectivity index (χ1v) is 9.18. The average molecular weight is 307 g/mol. The normalized spacial score (nSPS) is 28.9. The summed E-state index contributed by atoms with van der Waals surface area (Å²) in [6, 6.07) is 7.49. The van der Waals surface area contributed by atoms with E-state index in [1.54, 1.807) is 12.1 Å². The zero-order chi connectivity index (χ0) is 14.4. The van der Waals surface area contributed by atoms with Gasteiger partial charge in [-0.15, -0.1) is 0 Å². The molecule has 21 heavy (non-hydrogen) atoms. The van der Waals surface area contributed by atoms with Gasteiger partial charge in [-0.2, -0.15) is 0 Å². The zero-order valence-electron chi connectivity index (χ0n) is 12.0. The van der Waals surface area contributed by atoms with Gasteiger partial charge < -0.3 is 10.2 Å². The van der Waals surface area contributed by atoms with Crippen LogP contribution in [0.2, 0.25) is 0 Å². The fourth-order valence-electron chi connectivity index (χ4n) is 3.39. The van der Waals surface area contributed by atoms with Gasteiger partial charge >= 0.3 is 0 Å². The maximum absolute atomic E-state index is 12.1. The van der Waals surface area contributed by atoms with Crippen LogP contribution in [0.4, 0.5) is 5.69 Å². The number of nitrogens with zero attached hydrogens (tertiary/aromatic N) is 1. The van der Waals surface area contributed by atoms with Crippen LogP contribution in [0.3, 0.4) is 0 Å². The van der Waals surface area contributed by atoms with Crippen LogP contribution in [0.1, 0.15) is 12.8 Å². The molecule has 0 aromatic heterocycles. The first-order chi connectivity index (χ1) is 10.1. The Bertz CT molecular complexity index is 613. The minimum Gasteiger partial charge on any atom is -0.371 e. The number of benzene rings is 1. The summed E-state index contributed by atoms with van der Waals surface area (Å²) in [5, 5.41) is 3.44. The van der Waals surface area contributed by atoms with Crippen molar-refractivity contribution >= 4 is 15.7 Å². The van der Waals surface area contributed by atoms with Gasteiger partial charge in [0.25, 0.3) is 0 Å². The first kappa shape index (κ1) is 13.5. The molecule has 1 aromatic carbocycles. The Hall–Kier alpha value is -1.11. The van der Waals surface area contributed by atoms with E-state index >= 15 is 0 Å². The molecule has 2 aliphatic heterocycles. The highest BCUT2D eigenvalue weighted by atomic mass is 32.2. The summed E-state index contributed by atoms with van der Waals surface area (Å²) < 4.78 is 27.0. The third kappa shape index (κ3) is 2.67. The maximum atomic E-state index is 12.1. The fourth-order valence-corrected chi connectivity index (χ4v) is 4.70. The molecular formula is C15H21N3O2S. The van der Waals surface area contributed by atoms with Gasteiger partial charge in [0.15, 0.2) is 0 Å². The molecule has 2 saturated heterocycles. The highest BCUT2D eigenvalue weighted by molar-refractivity contribution is 7.89. The molecule has 0 spiro atoms. The molecule has 5 nitrogen and oxygen atoms in total. The van der Waals surface area contributed by atoms with Crippen LogP contribution >= 0.6 is 0 Å². The molecule has 2 unspecified atom stereocenters. The molecule has 4 rings (SSSR count). The summed E-state index contributed by atoms with van der Waals surface area (Å²) in [6.45, 7) is 4.37. The van der Waals surface area contributed by atoms with Gasteiger partial charge in [0.1, 0.15) is 0 Å². The molecular weight excluding hydrogens is 286 g/mol. The third-order valence-corrected chi connectivity index (χ3v) is 6.34. The van der Waals surface area contributed by atoms with Crippen molar-refractivity contribution in [2.75, 3.05) is 31.1 Å². The van der Waals surface area contributed by atoms with E-state index in [9.17, 15) is 8.42 Å². The summed E-state index contributed by atoms with van der Waals surface area (Å²) in [5.41, 5.74) is 1.13. The second-order valence-electron chi connectivity index (χ2n) is 6.47. The second-order valence-corrected chi connectivity index (χ2v) is 8.19. The van der Waals surface area contributed by atoms with E-state index in [-0.39, 0.29) is 6.04 Å². The molecule has 2 heterocycles. The highest BCUT2D eigenvalue weighted by Crippen LogP contribution is 2.31. The van der Waals surface area contributed by atoms with Gasteiger partial charge in [-0.3, -0.25) is 0 Å². The number of fused-ring (bicyclic) bond motifs is 1. The van der Waals surface area contributed by atoms with Crippen LogP contribution < -0.4 is 14.9 Å². The van der Waals surface area contributed by atoms with E-state index in [1.807, 2.05) is 12.1 Å². The van der Waals surface area contributed by atoms with Gasteiger partial charge in [-0.05, 0) is 48.9 Å². The van der Waals surface area contributed by atoms with E-state index < -0.39 is 10.0 Å². The quantitative estimate of drug-likeness (QED) is 0.863. The van der Waals surface area contributed by atoms with Crippen molar-refractivity contribution in [2.24, 2.45) is 11.8 Å². The monoisotopic (exact) mass is 307 g/mol. The molecule has 1 aromatic rings. The highest BCUT2D eigenvalue weighted by Gasteiger charge is 2.36. The van der Waals surface area contributed by atoms with Crippen molar-refractivity contribution in [3.05, 3.63) is 24.3 Å². The lowest BCUT2D eigenvalue weighted by molar-refractivity contribution is 0.533. The Morgan fingerprint density at radius 2 is 1.67 bits per heavy atom. The van der Waals surface area contributed by atoms with Crippen LogP contribution in [0, 0.1) is 11.8 Å². The first-order valence-electron chi connectivity index (χ1n) is 7.70. The number of hydrogen-bond donors (Lipinski definition) is 2. The van der Waals surface area contributed by atoms with Gasteiger partial charge in [0.05, 0.1) is 4.90 Å². The van der Waals surface area contributed by atoms with Crippen LogP contribution in [0.25, 0.3) is 0 Å². The predicted octanol–water partition coefficient (Wildman–Crippen LogP) is 0.783. The topological polar surface area (TPSA) is 61.4 Å². The van der Waals surface area contributed by atoms with Crippen molar-refractivity contribution in [3.8, 4) is 0 Å². The molecule has 2 atom stereocenters. The fraction of sp³-hybridized carbons (Fsp3) is 0.600. The standard InChI is InChI=1S/C15H21N3O2S/c19-21(20,17-13-1-2-13)15-5-3-14(4-6-15)18-9-11-7-16-8-12(11)10-18/h3-6,11-13,16-17H,1-2,7-10H2. The summed E-state index contributed by atoms with van der Waals surface area (Å²) in [6.07, 6.45) is 1.92. The van der Waals surface area contributed by atoms with Crippen LogP contribution in [0.5, 0.6) is 0 Å². The molecule has 6 heteroatoms. The Morgan fingerprint density at radius 1 is 1.05 bits per heavy atom. The summed E-state index contributed by atoms with van der Waals surface area (Å²) >= 11 is 0. The number of anilines is 1. The lowest BCUT2D eigenvalue weighted by atomic mass is 10.0. The van der Waals surface area contributed by atoms with Crippen LogP contribution in [-0.2, 0) is 10.0 Å². The molecule has 3 aliphatic rings.